The van der Waals surface area contributed by atoms with Gasteiger partial charge in [0.2, 0.25) is 0 Å². The number of ketones is 1. The standard InChI is InChI=1S/C11H9F3O/c12-11(13,14)8-3-1-7(2-4-8)9-5-6-10(9)15/h1-4,9H,5-6H2. The van der Waals surface area contributed by atoms with Gasteiger partial charge in [0.25, 0.3) is 0 Å². The molecule has 1 atom stereocenters. The molecule has 0 radical (unpaired) electrons. The van der Waals surface area contributed by atoms with E-state index in [1.54, 1.807) is 0 Å². The van der Waals surface area contributed by atoms with Crippen LogP contribution in [0.15, 0.2) is 24.3 Å². The summed E-state index contributed by atoms with van der Waals surface area (Å²) in [5.41, 5.74) is 0.0253. The fourth-order valence-corrected chi connectivity index (χ4v) is 1.66. The van der Waals surface area contributed by atoms with Crippen LogP contribution in [0.3, 0.4) is 0 Å². The summed E-state index contributed by atoms with van der Waals surface area (Å²) in [5, 5.41) is 0. The first-order chi connectivity index (χ1) is 6.98. The maximum atomic E-state index is 12.2. The summed E-state index contributed by atoms with van der Waals surface area (Å²) < 4.78 is 36.7. The summed E-state index contributed by atoms with van der Waals surface area (Å²) in [5.74, 6) is -0.0537. The number of rotatable bonds is 1. The lowest BCUT2D eigenvalue weighted by atomic mass is 9.78. The number of carbonyl (C=O) groups excluding carboxylic acids is 1. The van der Waals surface area contributed by atoms with Gasteiger partial charge in [-0.05, 0) is 24.1 Å². The quantitative estimate of drug-likeness (QED) is 0.701. The first-order valence-electron chi connectivity index (χ1n) is 4.68. The number of hydrogen-bond donors (Lipinski definition) is 0. The first kappa shape index (κ1) is 10.2. The molecule has 4 heteroatoms. The third-order valence-electron chi connectivity index (χ3n) is 2.71. The van der Waals surface area contributed by atoms with E-state index in [0.717, 1.165) is 18.6 Å². The minimum Gasteiger partial charge on any atom is -0.299 e. The fraction of sp³-hybridized carbons (Fsp3) is 0.364. The number of alkyl halides is 3. The molecule has 2 rings (SSSR count). The maximum absolute atomic E-state index is 12.2. The van der Waals surface area contributed by atoms with Crippen molar-refractivity contribution in [1.82, 2.24) is 0 Å². The van der Waals surface area contributed by atoms with E-state index in [1.807, 2.05) is 0 Å². The van der Waals surface area contributed by atoms with Gasteiger partial charge in [-0.3, -0.25) is 4.79 Å². The summed E-state index contributed by atoms with van der Waals surface area (Å²) in [6.45, 7) is 0. The Morgan fingerprint density at radius 1 is 1.13 bits per heavy atom. The number of hydrogen-bond acceptors (Lipinski definition) is 1. The zero-order valence-electron chi connectivity index (χ0n) is 7.84. The minimum atomic E-state index is -4.30. The third-order valence-corrected chi connectivity index (χ3v) is 2.71. The van der Waals surface area contributed by atoms with E-state index in [1.165, 1.54) is 12.1 Å². The largest absolute Gasteiger partial charge is 0.416 e. The van der Waals surface area contributed by atoms with Crippen molar-refractivity contribution < 1.29 is 18.0 Å². The summed E-state index contributed by atoms with van der Waals surface area (Å²) in [7, 11) is 0. The third kappa shape index (κ3) is 1.89. The zero-order valence-corrected chi connectivity index (χ0v) is 7.84. The van der Waals surface area contributed by atoms with Crippen LogP contribution in [0.5, 0.6) is 0 Å². The molecule has 80 valence electrons. The Kier molecular flexibility index (Phi) is 2.29. The Labute approximate surface area is 84.9 Å². The monoisotopic (exact) mass is 214 g/mol. The van der Waals surface area contributed by atoms with Gasteiger partial charge in [0.15, 0.2) is 0 Å². The van der Waals surface area contributed by atoms with Gasteiger partial charge in [0, 0.05) is 12.3 Å². The van der Waals surface area contributed by atoms with Crippen LogP contribution in [0.2, 0.25) is 0 Å². The molecule has 0 aromatic heterocycles. The van der Waals surface area contributed by atoms with E-state index >= 15 is 0 Å². The van der Waals surface area contributed by atoms with Crippen LogP contribution < -0.4 is 0 Å². The highest BCUT2D eigenvalue weighted by Gasteiger charge is 2.32. The van der Waals surface area contributed by atoms with Crippen LogP contribution in [-0.4, -0.2) is 5.78 Å². The fourth-order valence-electron chi connectivity index (χ4n) is 1.66. The highest BCUT2D eigenvalue weighted by molar-refractivity contribution is 5.91. The first-order valence-corrected chi connectivity index (χ1v) is 4.68. The molecular formula is C11H9F3O. The van der Waals surface area contributed by atoms with E-state index in [0.29, 0.717) is 12.0 Å². The Bertz CT molecular complexity index is 378. The van der Waals surface area contributed by atoms with Crippen LogP contribution in [-0.2, 0) is 11.0 Å². The molecule has 1 saturated carbocycles. The van der Waals surface area contributed by atoms with Gasteiger partial charge in [-0.2, -0.15) is 13.2 Å². The number of halogens is 3. The molecule has 15 heavy (non-hydrogen) atoms. The van der Waals surface area contributed by atoms with E-state index in [9.17, 15) is 18.0 Å². The second kappa shape index (κ2) is 3.36. The van der Waals surface area contributed by atoms with Crippen LogP contribution in [0.1, 0.15) is 29.9 Å². The van der Waals surface area contributed by atoms with Crippen molar-refractivity contribution in [2.75, 3.05) is 0 Å². The molecule has 1 aromatic rings. The van der Waals surface area contributed by atoms with E-state index in [2.05, 4.69) is 0 Å². The number of benzene rings is 1. The SMILES string of the molecule is O=C1CCC1c1ccc(C(F)(F)F)cc1. The lowest BCUT2D eigenvalue weighted by Crippen LogP contribution is -2.23. The summed E-state index contributed by atoms with van der Waals surface area (Å²) in [4.78, 5) is 11.1. The molecule has 1 aromatic carbocycles. The summed E-state index contributed by atoms with van der Waals surface area (Å²) >= 11 is 0. The highest BCUT2D eigenvalue weighted by Crippen LogP contribution is 2.35. The van der Waals surface area contributed by atoms with Gasteiger partial charge in [0.1, 0.15) is 5.78 Å². The highest BCUT2D eigenvalue weighted by atomic mass is 19.4. The normalized spacial score (nSPS) is 21.3. The van der Waals surface area contributed by atoms with Crippen LogP contribution in [0.25, 0.3) is 0 Å². The van der Waals surface area contributed by atoms with Gasteiger partial charge in [0.05, 0.1) is 5.56 Å². The molecule has 1 fully saturated rings. The van der Waals surface area contributed by atoms with E-state index in [4.69, 9.17) is 0 Å². The van der Waals surface area contributed by atoms with Crippen LogP contribution in [0, 0.1) is 0 Å². The minimum absolute atomic E-state index is 0.120. The van der Waals surface area contributed by atoms with Crippen LogP contribution >= 0.6 is 0 Å². The molecule has 0 aliphatic heterocycles. The predicted octanol–water partition coefficient (Wildman–Crippen LogP) is 3.15. The Morgan fingerprint density at radius 2 is 1.73 bits per heavy atom. The topological polar surface area (TPSA) is 17.1 Å². The smallest absolute Gasteiger partial charge is 0.299 e. The van der Waals surface area contributed by atoms with Gasteiger partial charge in [-0.1, -0.05) is 12.1 Å². The van der Waals surface area contributed by atoms with Gasteiger partial charge >= 0.3 is 6.18 Å². The Balaban J connectivity index is 2.21. The number of carbonyl (C=O) groups is 1. The number of Topliss-reactive ketones (excluding diaryl/α,β-unsaturated/α-hetero) is 1. The van der Waals surface area contributed by atoms with Crippen molar-refractivity contribution in [2.45, 2.75) is 24.9 Å². The second-order valence-corrected chi connectivity index (χ2v) is 3.68. The molecule has 1 nitrogen and oxygen atoms in total. The van der Waals surface area contributed by atoms with Crippen molar-refractivity contribution >= 4 is 5.78 Å². The van der Waals surface area contributed by atoms with E-state index in [-0.39, 0.29) is 11.7 Å². The predicted molar refractivity (Wildman–Crippen MR) is 48.4 cm³/mol. The molecule has 1 aliphatic rings. The van der Waals surface area contributed by atoms with Crippen molar-refractivity contribution in [3.05, 3.63) is 35.4 Å². The van der Waals surface area contributed by atoms with Gasteiger partial charge in [-0.25, -0.2) is 0 Å². The molecule has 0 saturated heterocycles. The average Bonchev–Trinajstić information content (AvgIpc) is 2.15. The summed E-state index contributed by atoms with van der Waals surface area (Å²) in [6.07, 6.45) is -3.00. The van der Waals surface area contributed by atoms with Crippen LogP contribution in [0.4, 0.5) is 13.2 Å². The Morgan fingerprint density at radius 3 is 2.07 bits per heavy atom. The molecular weight excluding hydrogens is 205 g/mol. The molecule has 0 N–H and O–H groups in total. The molecule has 0 amide bonds. The summed E-state index contributed by atoms with van der Waals surface area (Å²) in [6, 6.07) is 4.84. The van der Waals surface area contributed by atoms with Crippen molar-refractivity contribution in [3.63, 3.8) is 0 Å². The zero-order chi connectivity index (χ0) is 11.1. The lowest BCUT2D eigenvalue weighted by Gasteiger charge is -2.24. The van der Waals surface area contributed by atoms with Gasteiger partial charge in [-0.15, -0.1) is 0 Å². The lowest BCUT2D eigenvalue weighted by molar-refractivity contribution is -0.137. The molecule has 1 unspecified atom stereocenters. The Hall–Kier alpha value is -1.32. The second-order valence-electron chi connectivity index (χ2n) is 3.68. The molecule has 0 spiro atoms. The van der Waals surface area contributed by atoms with Gasteiger partial charge < -0.3 is 0 Å². The molecule has 0 heterocycles. The molecule has 0 bridgehead atoms. The molecule has 1 aliphatic carbocycles. The maximum Gasteiger partial charge on any atom is 0.416 e. The van der Waals surface area contributed by atoms with Crippen molar-refractivity contribution in [2.24, 2.45) is 0 Å². The van der Waals surface area contributed by atoms with Crippen molar-refractivity contribution in [3.8, 4) is 0 Å². The average molecular weight is 214 g/mol. The van der Waals surface area contributed by atoms with E-state index < -0.39 is 11.7 Å². The van der Waals surface area contributed by atoms with Crippen molar-refractivity contribution in [1.29, 1.82) is 0 Å².